The highest BCUT2D eigenvalue weighted by Crippen LogP contribution is 2.32. The highest BCUT2D eigenvalue weighted by Gasteiger charge is 2.31. The quantitative estimate of drug-likeness (QED) is 0.506. The zero-order valence-electron chi connectivity index (χ0n) is 17.5. The number of hydrogen-bond acceptors (Lipinski definition) is 5. The van der Waals surface area contributed by atoms with Crippen LogP contribution in [0, 0.1) is 11.3 Å². The Morgan fingerprint density at radius 3 is 2.61 bits per heavy atom. The molecule has 0 spiro atoms. The number of carbonyl (C=O) groups is 1. The molecule has 0 unspecified atom stereocenters. The summed E-state index contributed by atoms with van der Waals surface area (Å²) in [7, 11) is 0. The smallest absolute Gasteiger partial charge is 0.323 e. The van der Waals surface area contributed by atoms with E-state index in [-0.39, 0.29) is 28.1 Å². The van der Waals surface area contributed by atoms with Crippen LogP contribution in [0.4, 0.5) is 18.9 Å². The molecule has 8 nitrogen and oxygen atoms in total. The minimum Gasteiger partial charge on any atom is -0.323 e. The topological polar surface area (TPSA) is 105 Å². The predicted octanol–water partition coefficient (Wildman–Crippen LogP) is 3.70. The van der Waals surface area contributed by atoms with E-state index in [0.717, 1.165) is 22.9 Å². The number of rotatable bonds is 4. The number of nitriles is 1. The van der Waals surface area contributed by atoms with E-state index in [2.05, 4.69) is 15.4 Å². The molecule has 3 aromatic heterocycles. The van der Waals surface area contributed by atoms with Crippen LogP contribution >= 0.6 is 0 Å². The van der Waals surface area contributed by atoms with E-state index in [4.69, 9.17) is 5.26 Å². The van der Waals surface area contributed by atoms with Gasteiger partial charge in [0.15, 0.2) is 5.69 Å². The Labute approximate surface area is 184 Å². The molecule has 4 aromatic rings. The van der Waals surface area contributed by atoms with E-state index in [1.54, 1.807) is 36.6 Å². The lowest BCUT2D eigenvalue weighted by Gasteiger charge is -2.15. The summed E-state index contributed by atoms with van der Waals surface area (Å²) in [6.45, 7) is 3.06. The summed E-state index contributed by atoms with van der Waals surface area (Å²) in [4.78, 5) is 29.5. The number of benzene rings is 1. The molecule has 0 aliphatic heterocycles. The van der Waals surface area contributed by atoms with E-state index >= 15 is 0 Å². The van der Waals surface area contributed by atoms with Crippen LogP contribution in [-0.4, -0.2) is 25.1 Å². The van der Waals surface area contributed by atoms with Gasteiger partial charge in [-0.25, -0.2) is 9.67 Å². The van der Waals surface area contributed by atoms with Crippen molar-refractivity contribution in [2.75, 3.05) is 5.32 Å². The summed E-state index contributed by atoms with van der Waals surface area (Å²) in [6, 6.07) is 8.01. The van der Waals surface area contributed by atoms with Crippen molar-refractivity contribution in [1.29, 1.82) is 5.26 Å². The van der Waals surface area contributed by atoms with Gasteiger partial charge < -0.3 is 9.72 Å². The van der Waals surface area contributed by atoms with Gasteiger partial charge in [0.05, 0.1) is 22.3 Å². The number of halogens is 3. The van der Waals surface area contributed by atoms with E-state index in [1.165, 1.54) is 6.20 Å². The van der Waals surface area contributed by atoms with Crippen molar-refractivity contribution in [3.05, 3.63) is 70.0 Å². The van der Waals surface area contributed by atoms with Crippen LogP contribution < -0.4 is 10.9 Å². The number of carbonyl (C=O) groups excluding carboxylic acids is 1. The molecule has 0 saturated carbocycles. The van der Waals surface area contributed by atoms with Gasteiger partial charge in [0, 0.05) is 17.8 Å². The maximum Gasteiger partial charge on any atom is 0.416 e. The van der Waals surface area contributed by atoms with Crippen LogP contribution in [0.1, 0.15) is 36.7 Å². The standard InChI is InChI=1S/C22H17F3N6O2/c1-12(2)20-17-7-13(22(23,24)25)3-5-16(17)21(33)31(29-20)11-19(32)28-14-4-6-18-27-15(8-26)10-30(18)9-14/h3-7,9-10,12H,11H2,1-2H3,(H,28,32). The average Bonchev–Trinajstić information content (AvgIpc) is 3.17. The molecule has 0 radical (unpaired) electrons. The number of anilines is 1. The first-order valence-corrected chi connectivity index (χ1v) is 9.87. The van der Waals surface area contributed by atoms with Crippen molar-refractivity contribution in [3.8, 4) is 6.07 Å². The fourth-order valence-electron chi connectivity index (χ4n) is 3.48. The number of alkyl halides is 3. The number of aromatic nitrogens is 4. The molecule has 0 aliphatic carbocycles. The first kappa shape index (κ1) is 22.0. The monoisotopic (exact) mass is 454 g/mol. The molecule has 0 fully saturated rings. The molecular formula is C22H17F3N6O2. The molecule has 1 aromatic carbocycles. The maximum atomic E-state index is 13.1. The second-order valence-corrected chi connectivity index (χ2v) is 7.73. The summed E-state index contributed by atoms with van der Waals surface area (Å²) in [5, 5.41) is 15.9. The second kappa shape index (κ2) is 8.05. The second-order valence-electron chi connectivity index (χ2n) is 7.73. The van der Waals surface area contributed by atoms with Gasteiger partial charge in [-0.3, -0.25) is 9.59 Å². The van der Waals surface area contributed by atoms with E-state index in [9.17, 15) is 22.8 Å². The fraction of sp³-hybridized carbons (Fsp3) is 0.227. The number of hydrogen-bond donors (Lipinski definition) is 1. The van der Waals surface area contributed by atoms with Crippen molar-refractivity contribution in [2.45, 2.75) is 32.5 Å². The first-order chi connectivity index (χ1) is 15.6. The van der Waals surface area contributed by atoms with Gasteiger partial charge in [0.2, 0.25) is 5.91 Å². The van der Waals surface area contributed by atoms with Gasteiger partial charge in [-0.05, 0) is 36.2 Å². The van der Waals surface area contributed by atoms with Crippen molar-refractivity contribution >= 4 is 28.0 Å². The third kappa shape index (κ3) is 4.27. The van der Waals surface area contributed by atoms with Gasteiger partial charge in [-0.15, -0.1) is 0 Å². The number of pyridine rings is 1. The molecule has 1 amide bonds. The van der Waals surface area contributed by atoms with E-state index in [0.29, 0.717) is 11.3 Å². The molecule has 0 saturated heterocycles. The maximum absolute atomic E-state index is 13.1. The zero-order chi connectivity index (χ0) is 23.9. The minimum absolute atomic E-state index is 0.0540. The van der Waals surface area contributed by atoms with Gasteiger partial charge in [0.1, 0.15) is 18.3 Å². The van der Waals surface area contributed by atoms with Crippen molar-refractivity contribution < 1.29 is 18.0 Å². The summed E-state index contributed by atoms with van der Waals surface area (Å²) in [6.07, 6.45) is -1.48. The molecule has 0 bridgehead atoms. The lowest BCUT2D eigenvalue weighted by atomic mass is 10.0. The average molecular weight is 454 g/mol. The van der Waals surface area contributed by atoms with E-state index < -0.39 is 29.8 Å². The van der Waals surface area contributed by atoms with Crippen LogP contribution in [-0.2, 0) is 17.5 Å². The van der Waals surface area contributed by atoms with Crippen LogP contribution in [0.5, 0.6) is 0 Å². The zero-order valence-corrected chi connectivity index (χ0v) is 17.5. The number of imidazole rings is 1. The minimum atomic E-state index is -4.55. The van der Waals surface area contributed by atoms with Crippen molar-refractivity contribution in [1.82, 2.24) is 19.2 Å². The summed E-state index contributed by atoms with van der Waals surface area (Å²) < 4.78 is 42.0. The summed E-state index contributed by atoms with van der Waals surface area (Å²) >= 11 is 0. The molecule has 0 atom stereocenters. The van der Waals surface area contributed by atoms with Crippen molar-refractivity contribution in [2.24, 2.45) is 0 Å². The Morgan fingerprint density at radius 2 is 1.94 bits per heavy atom. The van der Waals surface area contributed by atoms with E-state index in [1.807, 2.05) is 6.07 Å². The molecule has 33 heavy (non-hydrogen) atoms. The molecule has 0 aliphatic rings. The summed E-state index contributed by atoms with van der Waals surface area (Å²) in [5.41, 5.74) is -0.100. The third-order valence-electron chi connectivity index (χ3n) is 5.01. The normalized spacial score (nSPS) is 11.8. The van der Waals surface area contributed by atoms with Gasteiger partial charge in [0.25, 0.3) is 5.56 Å². The van der Waals surface area contributed by atoms with Crippen LogP contribution in [0.25, 0.3) is 16.4 Å². The Balaban J connectivity index is 1.66. The molecule has 168 valence electrons. The van der Waals surface area contributed by atoms with Gasteiger partial charge in [-0.1, -0.05) is 13.8 Å². The Morgan fingerprint density at radius 1 is 1.18 bits per heavy atom. The van der Waals surface area contributed by atoms with Crippen LogP contribution in [0.15, 0.2) is 47.5 Å². The SMILES string of the molecule is CC(C)c1nn(CC(=O)Nc2ccc3nc(C#N)cn3c2)c(=O)c2ccc(C(F)(F)F)cc12. The Kier molecular flexibility index (Phi) is 5.37. The lowest BCUT2D eigenvalue weighted by molar-refractivity contribution is -0.137. The third-order valence-corrected chi connectivity index (χ3v) is 5.01. The molecule has 1 N–H and O–H groups in total. The number of nitrogens with one attached hydrogen (secondary N) is 1. The first-order valence-electron chi connectivity index (χ1n) is 9.87. The van der Waals surface area contributed by atoms with Crippen LogP contribution in [0.3, 0.4) is 0 Å². The largest absolute Gasteiger partial charge is 0.416 e. The predicted molar refractivity (Wildman–Crippen MR) is 114 cm³/mol. The van der Waals surface area contributed by atoms with Crippen molar-refractivity contribution in [3.63, 3.8) is 0 Å². The molecule has 11 heteroatoms. The fourth-order valence-corrected chi connectivity index (χ4v) is 3.48. The lowest BCUT2D eigenvalue weighted by Crippen LogP contribution is -2.31. The molecule has 4 rings (SSSR count). The summed E-state index contributed by atoms with van der Waals surface area (Å²) in [5.74, 6) is -0.839. The molecule has 3 heterocycles. The highest BCUT2D eigenvalue weighted by atomic mass is 19.4. The number of amides is 1. The van der Waals surface area contributed by atoms with Gasteiger partial charge >= 0.3 is 6.18 Å². The Bertz CT molecular complexity index is 1490. The highest BCUT2D eigenvalue weighted by molar-refractivity contribution is 5.91. The molecular weight excluding hydrogens is 437 g/mol. The number of nitrogens with zero attached hydrogens (tertiary/aromatic N) is 5. The number of fused-ring (bicyclic) bond motifs is 2. The van der Waals surface area contributed by atoms with Crippen LogP contribution in [0.2, 0.25) is 0 Å². The van der Waals surface area contributed by atoms with Gasteiger partial charge in [-0.2, -0.15) is 23.5 Å². The Hall–Kier alpha value is -4.20.